The average molecular weight is 234 g/mol. The highest BCUT2D eigenvalue weighted by atomic mass is 16.5. The maximum Gasteiger partial charge on any atom is 0.313 e. The summed E-state index contributed by atoms with van der Waals surface area (Å²) in [5, 5.41) is 0. The number of aryl methyl sites for hydroxylation is 1. The van der Waals surface area contributed by atoms with E-state index >= 15 is 0 Å². The van der Waals surface area contributed by atoms with Gasteiger partial charge in [-0.2, -0.15) is 0 Å². The van der Waals surface area contributed by atoms with E-state index in [2.05, 4.69) is 26.0 Å². The van der Waals surface area contributed by atoms with Gasteiger partial charge in [0.25, 0.3) is 0 Å². The first-order valence-corrected chi connectivity index (χ1v) is 6.39. The highest BCUT2D eigenvalue weighted by Crippen LogP contribution is 2.24. The molecule has 0 saturated heterocycles. The third kappa shape index (κ3) is 3.88. The Balaban J connectivity index is 2.90. The third-order valence-electron chi connectivity index (χ3n) is 3.09. The van der Waals surface area contributed by atoms with Gasteiger partial charge in [0.15, 0.2) is 0 Å². The summed E-state index contributed by atoms with van der Waals surface area (Å²) < 4.78 is 4.90. The fourth-order valence-corrected chi connectivity index (χ4v) is 2.00. The zero-order chi connectivity index (χ0) is 12.7. The summed E-state index contributed by atoms with van der Waals surface area (Å²) >= 11 is 0. The van der Waals surface area contributed by atoms with Gasteiger partial charge >= 0.3 is 5.97 Å². The quantitative estimate of drug-likeness (QED) is 0.702. The van der Waals surface area contributed by atoms with Crippen molar-refractivity contribution < 1.29 is 9.53 Å². The lowest BCUT2D eigenvalue weighted by Gasteiger charge is -2.15. The minimum atomic E-state index is -0.119. The van der Waals surface area contributed by atoms with Gasteiger partial charge in [-0.05, 0) is 24.0 Å². The summed E-state index contributed by atoms with van der Waals surface area (Å²) in [4.78, 5) is 11.8. The standard InChI is InChI=1S/C15H22O2/c1-4-6-10-14(15(16)17-3)13-9-7-8-12(5-2)11-13/h7-9,11,14H,4-6,10H2,1-3H3. The van der Waals surface area contributed by atoms with Crippen LogP contribution in [0.4, 0.5) is 0 Å². The monoisotopic (exact) mass is 234 g/mol. The van der Waals surface area contributed by atoms with E-state index in [0.717, 1.165) is 31.2 Å². The third-order valence-corrected chi connectivity index (χ3v) is 3.09. The second-order valence-electron chi connectivity index (χ2n) is 4.32. The molecule has 2 heteroatoms. The topological polar surface area (TPSA) is 26.3 Å². The van der Waals surface area contributed by atoms with Crippen LogP contribution in [0.1, 0.15) is 50.2 Å². The lowest BCUT2D eigenvalue weighted by Crippen LogP contribution is -2.14. The van der Waals surface area contributed by atoms with Gasteiger partial charge < -0.3 is 4.74 Å². The molecule has 0 spiro atoms. The molecular formula is C15H22O2. The molecule has 0 aromatic heterocycles. The Labute approximate surface area is 104 Å². The molecule has 0 aliphatic rings. The molecule has 1 atom stereocenters. The molecule has 0 bridgehead atoms. The van der Waals surface area contributed by atoms with Crippen molar-refractivity contribution in [1.82, 2.24) is 0 Å². The zero-order valence-corrected chi connectivity index (χ0v) is 11.0. The number of esters is 1. The van der Waals surface area contributed by atoms with Gasteiger partial charge in [0.2, 0.25) is 0 Å². The van der Waals surface area contributed by atoms with Crippen LogP contribution in [0.15, 0.2) is 24.3 Å². The predicted molar refractivity (Wildman–Crippen MR) is 70.1 cm³/mol. The number of carbonyl (C=O) groups is 1. The van der Waals surface area contributed by atoms with Crippen LogP contribution in [-0.2, 0) is 16.0 Å². The minimum absolute atomic E-state index is 0.105. The molecule has 0 saturated carbocycles. The summed E-state index contributed by atoms with van der Waals surface area (Å²) in [5.41, 5.74) is 2.36. The molecule has 0 amide bonds. The van der Waals surface area contributed by atoms with Crippen LogP contribution in [0.25, 0.3) is 0 Å². The van der Waals surface area contributed by atoms with Crippen LogP contribution >= 0.6 is 0 Å². The summed E-state index contributed by atoms with van der Waals surface area (Å²) in [6.07, 6.45) is 4.02. The minimum Gasteiger partial charge on any atom is -0.469 e. The number of benzene rings is 1. The van der Waals surface area contributed by atoms with Crippen molar-refractivity contribution in [3.8, 4) is 0 Å². The lowest BCUT2D eigenvalue weighted by molar-refractivity contribution is -0.142. The highest BCUT2D eigenvalue weighted by Gasteiger charge is 2.20. The first kappa shape index (κ1) is 13.8. The first-order chi connectivity index (χ1) is 8.22. The van der Waals surface area contributed by atoms with Crippen molar-refractivity contribution in [2.75, 3.05) is 7.11 Å². The largest absolute Gasteiger partial charge is 0.469 e. The van der Waals surface area contributed by atoms with Crippen LogP contribution in [-0.4, -0.2) is 13.1 Å². The Kier molecular flexibility index (Phi) is 5.75. The Morgan fingerprint density at radius 3 is 2.71 bits per heavy atom. The molecule has 0 aliphatic carbocycles. The molecule has 1 aromatic rings. The van der Waals surface area contributed by atoms with Crippen molar-refractivity contribution in [1.29, 1.82) is 0 Å². The molecule has 1 rings (SSSR count). The van der Waals surface area contributed by atoms with Crippen LogP contribution in [0.3, 0.4) is 0 Å². The molecule has 17 heavy (non-hydrogen) atoms. The second kappa shape index (κ2) is 7.10. The Hall–Kier alpha value is -1.31. The highest BCUT2D eigenvalue weighted by molar-refractivity contribution is 5.78. The van der Waals surface area contributed by atoms with Crippen molar-refractivity contribution in [2.45, 2.75) is 45.4 Å². The second-order valence-corrected chi connectivity index (χ2v) is 4.32. The van der Waals surface area contributed by atoms with E-state index in [1.807, 2.05) is 12.1 Å². The molecule has 0 aliphatic heterocycles. The van der Waals surface area contributed by atoms with E-state index < -0.39 is 0 Å². The smallest absolute Gasteiger partial charge is 0.313 e. The molecule has 0 radical (unpaired) electrons. The molecule has 0 fully saturated rings. The van der Waals surface area contributed by atoms with Gasteiger partial charge in [-0.15, -0.1) is 0 Å². The summed E-state index contributed by atoms with van der Waals surface area (Å²) in [7, 11) is 1.46. The number of carbonyl (C=O) groups excluding carboxylic acids is 1. The summed E-state index contributed by atoms with van der Waals surface area (Å²) in [6, 6.07) is 8.27. The van der Waals surface area contributed by atoms with E-state index in [0.29, 0.717) is 0 Å². The average Bonchev–Trinajstić information content (AvgIpc) is 2.39. The number of hydrogen-bond acceptors (Lipinski definition) is 2. The van der Waals surface area contributed by atoms with Crippen LogP contribution in [0.2, 0.25) is 0 Å². The predicted octanol–water partition coefficient (Wildman–Crippen LogP) is 3.70. The fraction of sp³-hybridized carbons (Fsp3) is 0.533. The fourth-order valence-electron chi connectivity index (χ4n) is 2.00. The molecule has 1 unspecified atom stereocenters. The summed E-state index contributed by atoms with van der Waals surface area (Å²) in [6.45, 7) is 4.26. The van der Waals surface area contributed by atoms with Crippen molar-refractivity contribution >= 4 is 5.97 Å². The molecular weight excluding hydrogens is 212 g/mol. The van der Waals surface area contributed by atoms with Gasteiger partial charge in [0, 0.05) is 0 Å². The molecule has 2 nitrogen and oxygen atoms in total. The molecule has 0 N–H and O–H groups in total. The van der Waals surface area contributed by atoms with Crippen LogP contribution < -0.4 is 0 Å². The number of methoxy groups -OCH3 is 1. The normalized spacial score (nSPS) is 12.2. The van der Waals surface area contributed by atoms with E-state index in [1.54, 1.807) is 0 Å². The van der Waals surface area contributed by atoms with Gasteiger partial charge in [-0.25, -0.2) is 0 Å². The van der Waals surface area contributed by atoms with Gasteiger partial charge in [0.05, 0.1) is 13.0 Å². The van der Waals surface area contributed by atoms with E-state index in [-0.39, 0.29) is 11.9 Å². The lowest BCUT2D eigenvalue weighted by atomic mass is 9.92. The van der Waals surface area contributed by atoms with E-state index in [4.69, 9.17) is 4.74 Å². The van der Waals surface area contributed by atoms with Crippen molar-refractivity contribution in [3.05, 3.63) is 35.4 Å². The van der Waals surface area contributed by atoms with Gasteiger partial charge in [-0.1, -0.05) is 51.0 Å². The van der Waals surface area contributed by atoms with Crippen LogP contribution in [0, 0.1) is 0 Å². The molecule has 1 aromatic carbocycles. The Morgan fingerprint density at radius 1 is 1.35 bits per heavy atom. The van der Waals surface area contributed by atoms with Gasteiger partial charge in [-0.3, -0.25) is 4.79 Å². The van der Waals surface area contributed by atoms with E-state index in [1.165, 1.54) is 12.7 Å². The maximum atomic E-state index is 11.8. The first-order valence-electron chi connectivity index (χ1n) is 6.39. The number of unbranched alkanes of at least 4 members (excludes halogenated alkanes) is 1. The number of hydrogen-bond donors (Lipinski definition) is 0. The number of rotatable bonds is 6. The Morgan fingerprint density at radius 2 is 2.12 bits per heavy atom. The number of ether oxygens (including phenoxy) is 1. The van der Waals surface area contributed by atoms with Crippen LogP contribution in [0.5, 0.6) is 0 Å². The Bertz CT molecular complexity index is 358. The van der Waals surface area contributed by atoms with Crippen molar-refractivity contribution in [2.24, 2.45) is 0 Å². The van der Waals surface area contributed by atoms with Gasteiger partial charge in [0.1, 0.15) is 0 Å². The molecule has 0 heterocycles. The maximum absolute atomic E-state index is 11.8. The molecule has 94 valence electrons. The summed E-state index contributed by atoms with van der Waals surface area (Å²) in [5.74, 6) is -0.224. The van der Waals surface area contributed by atoms with Crippen molar-refractivity contribution in [3.63, 3.8) is 0 Å². The SMILES string of the molecule is CCCCC(C(=O)OC)c1cccc(CC)c1. The van der Waals surface area contributed by atoms with E-state index in [9.17, 15) is 4.79 Å². The zero-order valence-electron chi connectivity index (χ0n) is 11.0.